The van der Waals surface area contributed by atoms with E-state index in [0.29, 0.717) is 23.0 Å². The molecule has 2 aromatic carbocycles. The first-order valence-corrected chi connectivity index (χ1v) is 10.5. The van der Waals surface area contributed by atoms with E-state index in [1.54, 1.807) is 29.1 Å². The normalized spacial score (nSPS) is 17.1. The lowest BCUT2D eigenvalue weighted by molar-refractivity contribution is 0.205. The summed E-state index contributed by atoms with van der Waals surface area (Å²) in [4.78, 5) is 8.74. The van der Waals surface area contributed by atoms with E-state index in [-0.39, 0.29) is 5.82 Å². The largest absolute Gasteiger partial charge is 0.380 e. The van der Waals surface area contributed by atoms with E-state index in [0.717, 1.165) is 32.7 Å². The third-order valence-corrected chi connectivity index (χ3v) is 6.00. The van der Waals surface area contributed by atoms with Gasteiger partial charge in [0.05, 0.1) is 5.69 Å². The van der Waals surface area contributed by atoms with Crippen molar-refractivity contribution in [1.82, 2.24) is 14.5 Å². The van der Waals surface area contributed by atoms with Crippen molar-refractivity contribution in [1.29, 1.82) is 0 Å². The Morgan fingerprint density at radius 3 is 2.43 bits per heavy atom. The molecule has 2 heterocycles. The van der Waals surface area contributed by atoms with E-state index in [1.165, 1.54) is 11.6 Å². The van der Waals surface area contributed by atoms with Gasteiger partial charge < -0.3 is 14.6 Å². The van der Waals surface area contributed by atoms with Gasteiger partial charge in [0.2, 0.25) is 0 Å². The van der Waals surface area contributed by atoms with Crippen molar-refractivity contribution >= 4 is 5.69 Å². The quantitative estimate of drug-likeness (QED) is 0.677. The second-order valence-corrected chi connectivity index (χ2v) is 8.08. The number of imidazole rings is 1. The highest BCUT2D eigenvalue weighted by molar-refractivity contribution is 5.57. The molecule has 4 rings (SSSR count). The summed E-state index contributed by atoms with van der Waals surface area (Å²) >= 11 is 0. The molecule has 6 heteroatoms. The van der Waals surface area contributed by atoms with E-state index in [1.807, 2.05) is 13.1 Å². The Morgan fingerprint density at radius 1 is 1.03 bits per heavy atom. The summed E-state index contributed by atoms with van der Waals surface area (Å²) in [6.07, 6.45) is 2.46. The number of rotatable bonds is 6. The van der Waals surface area contributed by atoms with Crippen LogP contribution in [-0.2, 0) is 7.05 Å². The number of piperazine rings is 1. The van der Waals surface area contributed by atoms with Crippen LogP contribution in [0.1, 0.15) is 35.9 Å². The molecule has 3 aromatic rings. The molecule has 1 aliphatic heterocycles. The van der Waals surface area contributed by atoms with Crippen LogP contribution in [0.25, 0.3) is 0 Å². The average molecular weight is 409 g/mol. The number of aryl methyl sites for hydroxylation is 1. The highest BCUT2D eigenvalue weighted by Crippen LogP contribution is 2.33. The van der Waals surface area contributed by atoms with E-state index in [9.17, 15) is 9.50 Å². The maximum absolute atomic E-state index is 14.9. The minimum atomic E-state index is -0.966. The van der Waals surface area contributed by atoms with Crippen LogP contribution < -0.4 is 4.90 Å². The lowest BCUT2D eigenvalue weighted by Gasteiger charge is -2.38. The summed E-state index contributed by atoms with van der Waals surface area (Å²) in [6.45, 7) is 6.41. The molecule has 1 aromatic heterocycles. The number of para-hydroxylation sites is 1. The van der Waals surface area contributed by atoms with Gasteiger partial charge in [0.25, 0.3) is 0 Å². The van der Waals surface area contributed by atoms with Crippen LogP contribution in [0.5, 0.6) is 0 Å². The number of nitrogens with zero attached hydrogens (tertiary/aromatic N) is 4. The first-order chi connectivity index (χ1) is 14.5. The van der Waals surface area contributed by atoms with Crippen LogP contribution in [-0.4, -0.2) is 52.3 Å². The summed E-state index contributed by atoms with van der Waals surface area (Å²) in [5, 5.41) is 10.9. The van der Waals surface area contributed by atoms with Gasteiger partial charge in [0.15, 0.2) is 0 Å². The second-order valence-electron chi connectivity index (χ2n) is 8.08. The second kappa shape index (κ2) is 8.98. The van der Waals surface area contributed by atoms with Crippen molar-refractivity contribution in [2.24, 2.45) is 7.05 Å². The summed E-state index contributed by atoms with van der Waals surface area (Å²) in [7, 11) is 1.83. The van der Waals surface area contributed by atoms with Crippen LogP contribution in [0.2, 0.25) is 0 Å². The minimum Gasteiger partial charge on any atom is -0.380 e. The van der Waals surface area contributed by atoms with Gasteiger partial charge in [-0.3, -0.25) is 4.90 Å². The van der Waals surface area contributed by atoms with E-state index in [4.69, 9.17) is 0 Å². The van der Waals surface area contributed by atoms with E-state index < -0.39 is 6.10 Å². The molecular formula is C24H29FN4O. The zero-order valence-electron chi connectivity index (χ0n) is 17.6. The molecule has 1 saturated heterocycles. The first-order valence-electron chi connectivity index (χ1n) is 10.5. The molecule has 0 unspecified atom stereocenters. The predicted molar refractivity (Wildman–Crippen MR) is 117 cm³/mol. The van der Waals surface area contributed by atoms with E-state index in [2.05, 4.69) is 46.0 Å². The van der Waals surface area contributed by atoms with Crippen LogP contribution >= 0.6 is 0 Å². The molecule has 0 radical (unpaired) electrons. The molecule has 158 valence electrons. The molecule has 1 N–H and O–H groups in total. The van der Waals surface area contributed by atoms with Crippen molar-refractivity contribution in [2.45, 2.75) is 18.9 Å². The maximum Gasteiger partial charge on any atom is 0.146 e. The van der Waals surface area contributed by atoms with Crippen LogP contribution in [0.4, 0.5) is 10.1 Å². The number of benzene rings is 2. The highest BCUT2D eigenvalue weighted by Gasteiger charge is 2.27. The SMILES string of the molecule is C[C@@H](CN1CCN(c2c(F)cccc2[C@@H](O)c2nccn2C)CC1)c1ccccc1. The van der Waals surface area contributed by atoms with Gasteiger partial charge in [0.1, 0.15) is 17.7 Å². The number of aromatic nitrogens is 2. The average Bonchev–Trinajstić information content (AvgIpc) is 3.20. The van der Waals surface area contributed by atoms with E-state index >= 15 is 0 Å². The Hall–Kier alpha value is -2.70. The van der Waals surface area contributed by atoms with Crippen molar-refractivity contribution in [3.63, 3.8) is 0 Å². The summed E-state index contributed by atoms with van der Waals surface area (Å²) in [5.41, 5.74) is 2.40. The van der Waals surface area contributed by atoms with Crippen LogP contribution in [0.15, 0.2) is 60.9 Å². The Kier molecular flexibility index (Phi) is 6.16. The smallest absolute Gasteiger partial charge is 0.146 e. The third-order valence-electron chi connectivity index (χ3n) is 6.00. The topological polar surface area (TPSA) is 44.5 Å². The maximum atomic E-state index is 14.9. The fourth-order valence-electron chi connectivity index (χ4n) is 4.29. The van der Waals surface area contributed by atoms with Crippen molar-refractivity contribution in [3.05, 3.63) is 83.7 Å². The highest BCUT2D eigenvalue weighted by atomic mass is 19.1. The standard InChI is InChI=1S/C24H29FN4O/c1-18(19-7-4-3-5-8-19)17-28-13-15-29(16-14-28)22-20(9-6-10-21(22)25)23(30)24-26-11-12-27(24)2/h3-12,18,23,30H,13-17H2,1-2H3/t18-,23+/m0/s1. The van der Waals surface area contributed by atoms with Gasteiger partial charge in [-0.15, -0.1) is 0 Å². The summed E-state index contributed by atoms with van der Waals surface area (Å²) in [6, 6.07) is 15.5. The van der Waals surface area contributed by atoms with Gasteiger partial charge in [-0.1, -0.05) is 49.4 Å². The third kappa shape index (κ3) is 4.25. The Bertz CT molecular complexity index is 966. The predicted octanol–water partition coefficient (Wildman–Crippen LogP) is 3.57. The molecular weight excluding hydrogens is 379 g/mol. The zero-order chi connectivity index (χ0) is 21.1. The van der Waals surface area contributed by atoms with Crippen molar-refractivity contribution in [2.75, 3.05) is 37.6 Å². The lowest BCUT2D eigenvalue weighted by atomic mass is 10.00. The number of halogens is 1. The molecule has 1 fully saturated rings. The first kappa shape index (κ1) is 20.6. The molecule has 0 amide bonds. The van der Waals surface area contributed by atoms with Gasteiger partial charge in [0, 0.05) is 57.7 Å². The van der Waals surface area contributed by atoms with Crippen molar-refractivity contribution in [3.8, 4) is 0 Å². The molecule has 2 atom stereocenters. The van der Waals surface area contributed by atoms with Crippen LogP contribution in [0.3, 0.4) is 0 Å². The number of hydrogen-bond acceptors (Lipinski definition) is 4. The molecule has 0 spiro atoms. The number of hydrogen-bond donors (Lipinski definition) is 1. The zero-order valence-corrected chi connectivity index (χ0v) is 17.6. The van der Waals surface area contributed by atoms with Crippen LogP contribution in [0, 0.1) is 5.82 Å². The summed E-state index contributed by atoms with van der Waals surface area (Å²) < 4.78 is 16.6. The van der Waals surface area contributed by atoms with Gasteiger partial charge in [-0.2, -0.15) is 0 Å². The lowest BCUT2D eigenvalue weighted by Crippen LogP contribution is -2.48. The molecule has 0 saturated carbocycles. The van der Waals surface area contributed by atoms with Crippen molar-refractivity contribution < 1.29 is 9.50 Å². The van der Waals surface area contributed by atoms with Gasteiger partial charge in [-0.05, 0) is 17.5 Å². The number of aliphatic hydroxyl groups is 1. The molecule has 30 heavy (non-hydrogen) atoms. The Balaban J connectivity index is 1.47. The Morgan fingerprint density at radius 2 is 1.77 bits per heavy atom. The summed E-state index contributed by atoms with van der Waals surface area (Å²) in [5.74, 6) is 0.663. The van der Waals surface area contributed by atoms with Gasteiger partial charge in [-0.25, -0.2) is 9.37 Å². The molecule has 5 nitrogen and oxygen atoms in total. The fraction of sp³-hybridized carbons (Fsp3) is 0.375. The number of aliphatic hydroxyl groups excluding tert-OH is 1. The Labute approximate surface area is 177 Å². The molecule has 0 aliphatic carbocycles. The van der Waals surface area contributed by atoms with Gasteiger partial charge >= 0.3 is 0 Å². The minimum absolute atomic E-state index is 0.299. The molecule has 0 bridgehead atoms. The molecule has 1 aliphatic rings. The monoisotopic (exact) mass is 408 g/mol. The fourth-order valence-corrected chi connectivity index (χ4v) is 4.29. The number of anilines is 1.